The maximum absolute atomic E-state index is 14.5. The highest BCUT2D eigenvalue weighted by Crippen LogP contribution is 2.65. The minimum atomic E-state index is -0.904. The Labute approximate surface area is 241 Å². The van der Waals surface area contributed by atoms with Crippen molar-refractivity contribution in [3.8, 4) is 5.75 Å². The molecule has 1 spiro atoms. The Kier molecular flexibility index (Phi) is 8.08. The molecule has 0 radical (unpaired) electrons. The van der Waals surface area contributed by atoms with Crippen LogP contribution in [-0.4, -0.2) is 87.1 Å². The van der Waals surface area contributed by atoms with Crippen LogP contribution < -0.4 is 9.64 Å². The van der Waals surface area contributed by atoms with Crippen molar-refractivity contribution in [2.75, 3.05) is 37.7 Å². The van der Waals surface area contributed by atoms with E-state index in [1.807, 2.05) is 61.2 Å². The van der Waals surface area contributed by atoms with Gasteiger partial charge in [-0.15, -0.1) is 11.8 Å². The number of anilines is 1. The molecule has 4 aliphatic rings. The highest BCUT2D eigenvalue weighted by Gasteiger charge is 2.74. The predicted octanol–water partition coefficient (Wildman–Crippen LogP) is 3.65. The summed E-state index contributed by atoms with van der Waals surface area (Å²) in [5, 5.41) is 10.2. The van der Waals surface area contributed by atoms with Crippen molar-refractivity contribution >= 4 is 35.2 Å². The number of thioether (sulfide) groups is 1. The molecule has 216 valence electrons. The van der Waals surface area contributed by atoms with E-state index in [2.05, 4.69) is 13.0 Å². The van der Waals surface area contributed by atoms with Gasteiger partial charge in [-0.2, -0.15) is 0 Å². The third kappa shape index (κ3) is 4.55. The van der Waals surface area contributed by atoms with E-state index in [9.17, 15) is 19.5 Å². The topological polar surface area (TPSA) is 90.4 Å². The van der Waals surface area contributed by atoms with E-state index < -0.39 is 33.4 Å². The number of benzene rings is 1. The summed E-state index contributed by atoms with van der Waals surface area (Å²) in [6, 6.07) is 6.14. The molecule has 1 unspecified atom stereocenters. The molecule has 0 aliphatic carbocycles. The van der Waals surface area contributed by atoms with Gasteiger partial charge in [0, 0.05) is 30.1 Å². The second-order valence-corrected chi connectivity index (χ2v) is 13.2. The number of aliphatic hydroxyl groups excluding tert-OH is 1. The quantitative estimate of drug-likeness (QED) is 0.362. The summed E-state index contributed by atoms with van der Waals surface area (Å²) < 4.78 is 4.01. The van der Waals surface area contributed by atoms with Crippen LogP contribution in [0.25, 0.3) is 0 Å². The van der Waals surface area contributed by atoms with Gasteiger partial charge in [0.25, 0.3) is 0 Å². The van der Waals surface area contributed by atoms with Crippen molar-refractivity contribution < 1.29 is 24.2 Å². The van der Waals surface area contributed by atoms with Crippen LogP contribution in [0.3, 0.4) is 0 Å². The number of carbonyl (C=O) groups excluding carboxylic acids is 3. The Balaban J connectivity index is 1.56. The average Bonchev–Trinajstić information content (AvgIpc) is 3.22. The van der Waals surface area contributed by atoms with Crippen LogP contribution in [0.15, 0.2) is 48.6 Å². The molecule has 1 aromatic carbocycles. The molecular formula is C31H41N3O5S. The van der Waals surface area contributed by atoms with Crippen molar-refractivity contribution in [3.63, 3.8) is 0 Å². The highest BCUT2D eigenvalue weighted by atomic mass is 32.2. The number of rotatable bonds is 9. The largest absolute Gasteiger partial charge is 0.494 e. The standard InChI is InChI=1S/C31H41N3O5S/c1-5-7-8-17-32-18-10-16-31-25(28(37)34(21(3)20-35)26(31)29(32)38)24-27(36)33(19-9-15-30(24,4)40-31)22-11-13-23(14-12-22)39-6-2/h9-16,21,24-26,35H,5-8,17-20H2,1-4H3/t21-,24+,25+,26?,30-,31+/m1/s1. The molecule has 4 aliphatic heterocycles. The fraction of sp³-hybridized carbons (Fsp3) is 0.581. The maximum Gasteiger partial charge on any atom is 0.247 e. The number of fused-ring (bicyclic) bond motifs is 2. The summed E-state index contributed by atoms with van der Waals surface area (Å²) in [5.74, 6) is -1.10. The van der Waals surface area contributed by atoms with E-state index >= 15 is 0 Å². The second kappa shape index (κ2) is 11.2. The van der Waals surface area contributed by atoms with Crippen LogP contribution in [0.1, 0.15) is 47.0 Å². The van der Waals surface area contributed by atoms with Gasteiger partial charge >= 0.3 is 0 Å². The molecule has 40 heavy (non-hydrogen) atoms. The molecule has 2 fully saturated rings. The van der Waals surface area contributed by atoms with Crippen molar-refractivity contribution in [2.24, 2.45) is 11.8 Å². The van der Waals surface area contributed by atoms with Crippen LogP contribution in [-0.2, 0) is 14.4 Å². The normalized spacial score (nSPS) is 32.1. The molecule has 2 saturated heterocycles. The molecule has 0 saturated carbocycles. The fourth-order valence-electron chi connectivity index (χ4n) is 6.94. The van der Waals surface area contributed by atoms with Gasteiger partial charge in [-0.25, -0.2) is 0 Å². The zero-order valence-electron chi connectivity index (χ0n) is 23.9. The number of nitrogens with zero attached hydrogens (tertiary/aromatic N) is 3. The number of ether oxygens (including phenoxy) is 1. The molecule has 6 atom stereocenters. The number of hydrogen-bond donors (Lipinski definition) is 1. The van der Waals surface area contributed by atoms with Gasteiger partial charge in [-0.3, -0.25) is 14.4 Å². The first-order chi connectivity index (χ1) is 19.2. The van der Waals surface area contributed by atoms with E-state index in [1.54, 1.807) is 28.5 Å². The maximum atomic E-state index is 14.5. The van der Waals surface area contributed by atoms with Gasteiger partial charge in [0.05, 0.1) is 35.8 Å². The summed E-state index contributed by atoms with van der Waals surface area (Å²) in [5.41, 5.74) is 0.741. The average molecular weight is 568 g/mol. The molecule has 9 heteroatoms. The number of amides is 3. The van der Waals surface area contributed by atoms with Gasteiger partial charge in [-0.1, -0.05) is 44.1 Å². The van der Waals surface area contributed by atoms with Crippen molar-refractivity contribution in [1.82, 2.24) is 9.80 Å². The minimum Gasteiger partial charge on any atom is -0.494 e. The first-order valence-corrected chi connectivity index (χ1v) is 15.4. The summed E-state index contributed by atoms with van der Waals surface area (Å²) in [7, 11) is 0. The summed E-state index contributed by atoms with van der Waals surface area (Å²) in [6.45, 7) is 9.66. The second-order valence-electron chi connectivity index (χ2n) is 11.4. The van der Waals surface area contributed by atoms with Crippen LogP contribution in [0.2, 0.25) is 0 Å². The fourth-order valence-corrected chi connectivity index (χ4v) is 9.09. The molecule has 3 amide bonds. The van der Waals surface area contributed by atoms with Crippen LogP contribution in [0, 0.1) is 11.8 Å². The Hall–Kier alpha value is -2.78. The Morgan fingerprint density at radius 1 is 1.00 bits per heavy atom. The van der Waals surface area contributed by atoms with Crippen molar-refractivity contribution in [1.29, 1.82) is 0 Å². The van der Waals surface area contributed by atoms with E-state index in [-0.39, 0.29) is 24.3 Å². The smallest absolute Gasteiger partial charge is 0.247 e. The Morgan fingerprint density at radius 3 is 2.40 bits per heavy atom. The van der Waals surface area contributed by atoms with E-state index in [4.69, 9.17) is 4.74 Å². The zero-order valence-corrected chi connectivity index (χ0v) is 24.7. The third-order valence-corrected chi connectivity index (χ3v) is 10.6. The van der Waals surface area contributed by atoms with Gasteiger partial charge < -0.3 is 24.5 Å². The zero-order chi connectivity index (χ0) is 28.7. The Bertz CT molecular complexity index is 1200. The summed E-state index contributed by atoms with van der Waals surface area (Å²) in [4.78, 5) is 48.2. The van der Waals surface area contributed by atoms with Gasteiger partial charge in [0.2, 0.25) is 17.7 Å². The summed E-state index contributed by atoms with van der Waals surface area (Å²) in [6.07, 6.45) is 11.1. The number of unbranched alkanes of at least 4 members (excludes halogenated alkanes) is 2. The monoisotopic (exact) mass is 567 g/mol. The predicted molar refractivity (Wildman–Crippen MR) is 157 cm³/mol. The van der Waals surface area contributed by atoms with E-state index in [1.165, 1.54) is 0 Å². The lowest BCUT2D eigenvalue weighted by molar-refractivity contribution is -0.145. The molecule has 0 aromatic heterocycles. The van der Waals surface area contributed by atoms with E-state index in [0.29, 0.717) is 26.2 Å². The molecule has 0 bridgehead atoms. The lowest BCUT2D eigenvalue weighted by atomic mass is 9.74. The van der Waals surface area contributed by atoms with Gasteiger partial charge in [0.15, 0.2) is 0 Å². The molecule has 8 nitrogen and oxygen atoms in total. The minimum absolute atomic E-state index is 0.0930. The first kappa shape index (κ1) is 28.7. The third-order valence-electron chi connectivity index (χ3n) is 8.81. The Morgan fingerprint density at radius 2 is 1.73 bits per heavy atom. The van der Waals surface area contributed by atoms with Crippen molar-refractivity contribution in [2.45, 2.75) is 68.5 Å². The molecular weight excluding hydrogens is 526 g/mol. The lowest BCUT2D eigenvalue weighted by Gasteiger charge is -2.38. The van der Waals surface area contributed by atoms with Crippen molar-refractivity contribution in [3.05, 3.63) is 48.6 Å². The molecule has 5 rings (SSSR count). The molecule has 4 heterocycles. The van der Waals surface area contributed by atoms with Crippen LogP contribution in [0.4, 0.5) is 5.69 Å². The number of carbonyl (C=O) groups is 3. The van der Waals surface area contributed by atoms with E-state index in [0.717, 1.165) is 30.7 Å². The number of likely N-dealkylation sites (tertiary alicyclic amines) is 1. The first-order valence-electron chi connectivity index (χ1n) is 14.5. The molecule has 1 aromatic rings. The number of hydrogen-bond acceptors (Lipinski definition) is 6. The van der Waals surface area contributed by atoms with Gasteiger partial charge in [-0.05, 0) is 51.5 Å². The van der Waals surface area contributed by atoms with Crippen LogP contribution >= 0.6 is 11.8 Å². The van der Waals surface area contributed by atoms with Gasteiger partial charge in [0.1, 0.15) is 11.8 Å². The van der Waals surface area contributed by atoms with Crippen LogP contribution in [0.5, 0.6) is 5.75 Å². The SMILES string of the molecule is CCCCCN1CC=C[C@]23S[C@]4(C)C=CCN(c5ccc(OCC)cc5)C(=O)[C@@H]4[C@H]2C(=O)N([C@H](C)CO)C3C1=O. The molecule has 1 N–H and O–H groups in total. The summed E-state index contributed by atoms with van der Waals surface area (Å²) >= 11 is 1.57. The number of aliphatic hydroxyl groups is 1. The lowest BCUT2D eigenvalue weighted by Crippen LogP contribution is -2.56. The highest BCUT2D eigenvalue weighted by molar-refractivity contribution is 8.02.